The van der Waals surface area contributed by atoms with Gasteiger partial charge in [0, 0.05) is 20.6 Å². The number of rotatable bonds is 3. The maximum Gasteiger partial charge on any atom is 0.196 e. The lowest BCUT2D eigenvalue weighted by molar-refractivity contribution is 0.103. The van der Waals surface area contributed by atoms with E-state index in [1.807, 2.05) is 24.3 Å². The standard InChI is InChI=1S/C24H21BrClNOS/c1-24(2,3)14-18-20(13-10-15-6-4-5-7-19(15)25)29-23(27)21(18)22(28)16-8-11-17(26)12-9-16/h4-9,11-12H,14,27H2,1-3H3. The van der Waals surface area contributed by atoms with E-state index >= 15 is 0 Å². The minimum absolute atomic E-state index is 0.0215. The van der Waals surface area contributed by atoms with E-state index in [2.05, 4.69) is 48.5 Å². The highest BCUT2D eigenvalue weighted by molar-refractivity contribution is 9.10. The van der Waals surface area contributed by atoms with Crippen LogP contribution in [0.3, 0.4) is 0 Å². The quantitative estimate of drug-likeness (QED) is 0.321. The summed E-state index contributed by atoms with van der Waals surface area (Å²) in [7, 11) is 0. The summed E-state index contributed by atoms with van der Waals surface area (Å²) in [5.41, 5.74) is 9.24. The molecule has 0 spiro atoms. The summed E-state index contributed by atoms with van der Waals surface area (Å²) < 4.78 is 0.937. The van der Waals surface area contributed by atoms with Crippen molar-refractivity contribution < 1.29 is 4.79 Å². The fourth-order valence-electron chi connectivity index (χ4n) is 2.97. The molecule has 0 saturated heterocycles. The van der Waals surface area contributed by atoms with E-state index in [1.165, 1.54) is 11.3 Å². The predicted molar refractivity (Wildman–Crippen MR) is 127 cm³/mol. The van der Waals surface area contributed by atoms with Crippen LogP contribution in [0.2, 0.25) is 5.02 Å². The van der Waals surface area contributed by atoms with E-state index in [9.17, 15) is 4.79 Å². The molecule has 0 bridgehead atoms. The van der Waals surface area contributed by atoms with Crippen LogP contribution in [-0.4, -0.2) is 5.78 Å². The minimum Gasteiger partial charge on any atom is -0.390 e. The van der Waals surface area contributed by atoms with Gasteiger partial charge in [0.15, 0.2) is 5.78 Å². The first-order valence-electron chi connectivity index (χ1n) is 9.13. The number of benzene rings is 2. The molecule has 0 saturated carbocycles. The van der Waals surface area contributed by atoms with Crippen molar-refractivity contribution in [3.63, 3.8) is 0 Å². The molecule has 5 heteroatoms. The Kier molecular flexibility index (Phi) is 6.53. The van der Waals surface area contributed by atoms with Crippen molar-refractivity contribution in [2.45, 2.75) is 27.2 Å². The fourth-order valence-corrected chi connectivity index (χ4v) is 4.41. The molecule has 3 rings (SSSR count). The molecule has 29 heavy (non-hydrogen) atoms. The third kappa shape index (κ3) is 5.30. The molecule has 2 N–H and O–H groups in total. The van der Waals surface area contributed by atoms with Crippen molar-refractivity contribution in [2.24, 2.45) is 5.41 Å². The number of carbonyl (C=O) groups excluding carboxylic acids is 1. The Morgan fingerprint density at radius 1 is 1.10 bits per heavy atom. The molecular formula is C24H21BrClNOS. The van der Waals surface area contributed by atoms with Crippen molar-refractivity contribution in [1.82, 2.24) is 0 Å². The van der Waals surface area contributed by atoms with Gasteiger partial charge in [-0.2, -0.15) is 0 Å². The molecule has 0 aliphatic carbocycles. The van der Waals surface area contributed by atoms with Crippen LogP contribution in [-0.2, 0) is 6.42 Å². The molecule has 0 amide bonds. The number of carbonyl (C=O) groups is 1. The Morgan fingerprint density at radius 3 is 2.38 bits per heavy atom. The Hall–Kier alpha value is -2.06. The summed E-state index contributed by atoms with van der Waals surface area (Å²) in [6, 6.07) is 14.7. The van der Waals surface area contributed by atoms with Crippen LogP contribution in [0.4, 0.5) is 5.00 Å². The lowest BCUT2D eigenvalue weighted by atomic mass is 9.85. The van der Waals surface area contributed by atoms with E-state index in [-0.39, 0.29) is 11.2 Å². The normalized spacial score (nSPS) is 11.1. The van der Waals surface area contributed by atoms with Gasteiger partial charge in [0.05, 0.1) is 15.4 Å². The summed E-state index contributed by atoms with van der Waals surface area (Å²) in [4.78, 5) is 14.1. The zero-order valence-electron chi connectivity index (χ0n) is 16.5. The average Bonchev–Trinajstić information content (AvgIpc) is 2.94. The fraction of sp³-hybridized carbons (Fsp3) is 0.208. The number of hydrogen-bond donors (Lipinski definition) is 1. The van der Waals surface area contributed by atoms with E-state index in [1.54, 1.807) is 24.3 Å². The summed E-state index contributed by atoms with van der Waals surface area (Å²) in [6.07, 6.45) is 0.704. The molecule has 2 nitrogen and oxygen atoms in total. The van der Waals surface area contributed by atoms with Gasteiger partial charge in [-0.25, -0.2) is 0 Å². The van der Waals surface area contributed by atoms with Crippen molar-refractivity contribution in [1.29, 1.82) is 0 Å². The molecule has 0 aliphatic rings. The van der Waals surface area contributed by atoms with Crippen LogP contribution in [0, 0.1) is 17.3 Å². The van der Waals surface area contributed by atoms with Gasteiger partial charge in [0.1, 0.15) is 0 Å². The molecule has 0 radical (unpaired) electrons. The molecule has 0 unspecified atom stereocenters. The van der Waals surface area contributed by atoms with E-state index < -0.39 is 0 Å². The Balaban J connectivity index is 2.11. The number of halogens is 2. The first kappa shape index (κ1) is 21.6. The highest BCUT2D eigenvalue weighted by Gasteiger charge is 2.26. The molecule has 1 heterocycles. The molecule has 0 aliphatic heterocycles. The van der Waals surface area contributed by atoms with Gasteiger partial charge in [-0.3, -0.25) is 4.79 Å². The van der Waals surface area contributed by atoms with Crippen LogP contribution >= 0.6 is 38.9 Å². The molecule has 148 valence electrons. The Labute approximate surface area is 189 Å². The maximum atomic E-state index is 13.3. The van der Waals surface area contributed by atoms with Gasteiger partial charge < -0.3 is 5.73 Å². The monoisotopic (exact) mass is 485 g/mol. The van der Waals surface area contributed by atoms with Gasteiger partial charge in [0.2, 0.25) is 0 Å². The second-order valence-corrected chi connectivity index (χ2v) is 10.3. The molecule has 0 fully saturated rings. The summed E-state index contributed by atoms with van der Waals surface area (Å²) in [6.45, 7) is 6.42. The van der Waals surface area contributed by atoms with Crippen LogP contribution in [0.1, 0.15) is 52.7 Å². The zero-order valence-corrected chi connectivity index (χ0v) is 19.6. The minimum atomic E-state index is -0.0939. The maximum absolute atomic E-state index is 13.3. The summed E-state index contributed by atoms with van der Waals surface area (Å²) in [5.74, 6) is 6.37. The number of ketones is 1. The van der Waals surface area contributed by atoms with Crippen molar-refractivity contribution in [3.8, 4) is 11.8 Å². The zero-order chi connectivity index (χ0) is 21.2. The third-order valence-electron chi connectivity index (χ3n) is 4.26. The molecule has 1 aromatic heterocycles. The lowest BCUT2D eigenvalue weighted by Crippen LogP contribution is -2.14. The number of anilines is 1. The number of nitrogen functional groups attached to an aromatic ring is 1. The van der Waals surface area contributed by atoms with Crippen LogP contribution in [0.5, 0.6) is 0 Å². The number of hydrogen-bond acceptors (Lipinski definition) is 3. The predicted octanol–water partition coefficient (Wildman–Crippen LogP) is 6.97. The number of thiophene rings is 1. The highest BCUT2D eigenvalue weighted by Crippen LogP contribution is 2.36. The largest absolute Gasteiger partial charge is 0.390 e. The molecule has 3 aromatic rings. The first-order chi connectivity index (χ1) is 13.7. The third-order valence-corrected chi connectivity index (χ3v) is 6.18. The first-order valence-corrected chi connectivity index (χ1v) is 11.1. The number of nitrogens with two attached hydrogens (primary N) is 1. The Morgan fingerprint density at radius 2 is 1.76 bits per heavy atom. The SMILES string of the molecule is CC(C)(C)Cc1c(C#Cc2ccccc2Br)sc(N)c1C(=O)c1ccc(Cl)cc1. The second-order valence-electron chi connectivity index (χ2n) is 7.95. The van der Waals surface area contributed by atoms with Crippen molar-refractivity contribution >= 4 is 49.7 Å². The lowest BCUT2D eigenvalue weighted by Gasteiger charge is -2.19. The average molecular weight is 487 g/mol. The van der Waals surface area contributed by atoms with Gasteiger partial charge in [-0.1, -0.05) is 56.3 Å². The van der Waals surface area contributed by atoms with E-state index in [0.29, 0.717) is 27.6 Å². The Bertz CT molecular complexity index is 1110. The topological polar surface area (TPSA) is 43.1 Å². The molecule has 2 aromatic carbocycles. The summed E-state index contributed by atoms with van der Waals surface area (Å²) in [5, 5.41) is 1.09. The van der Waals surface area contributed by atoms with Gasteiger partial charge in [-0.05, 0) is 69.7 Å². The molecule has 0 atom stereocenters. The smallest absolute Gasteiger partial charge is 0.196 e. The van der Waals surface area contributed by atoms with Crippen LogP contribution < -0.4 is 5.73 Å². The van der Waals surface area contributed by atoms with Crippen LogP contribution in [0.25, 0.3) is 0 Å². The van der Waals surface area contributed by atoms with E-state index in [4.69, 9.17) is 17.3 Å². The van der Waals surface area contributed by atoms with Crippen molar-refractivity contribution in [3.05, 3.63) is 85.2 Å². The van der Waals surface area contributed by atoms with E-state index in [0.717, 1.165) is 20.5 Å². The highest BCUT2D eigenvalue weighted by atomic mass is 79.9. The van der Waals surface area contributed by atoms with Gasteiger partial charge >= 0.3 is 0 Å². The van der Waals surface area contributed by atoms with Gasteiger partial charge in [0.25, 0.3) is 0 Å². The van der Waals surface area contributed by atoms with Crippen LogP contribution in [0.15, 0.2) is 53.0 Å². The second kappa shape index (κ2) is 8.75. The van der Waals surface area contributed by atoms with Gasteiger partial charge in [-0.15, -0.1) is 11.3 Å². The summed E-state index contributed by atoms with van der Waals surface area (Å²) >= 11 is 10.9. The van der Waals surface area contributed by atoms with Crippen molar-refractivity contribution in [2.75, 3.05) is 5.73 Å². The molecular weight excluding hydrogens is 466 g/mol.